The molecular formula is C12H12BrNOS. The maximum Gasteiger partial charge on any atom is 0.134 e. The number of hydrogen-bond acceptors (Lipinski definition) is 3. The maximum absolute atomic E-state index is 6.20. The van der Waals surface area contributed by atoms with Gasteiger partial charge in [0.25, 0.3) is 0 Å². The molecule has 1 atom stereocenters. The van der Waals surface area contributed by atoms with Gasteiger partial charge in [0.1, 0.15) is 5.75 Å². The van der Waals surface area contributed by atoms with Crippen LogP contribution in [0.15, 0.2) is 40.2 Å². The lowest BCUT2D eigenvalue weighted by Gasteiger charge is -2.12. The molecule has 0 saturated carbocycles. The molecule has 2 aromatic rings. The summed E-state index contributed by atoms with van der Waals surface area (Å²) in [6, 6.07) is 9.86. The number of halogens is 1. The Labute approximate surface area is 107 Å². The van der Waals surface area contributed by atoms with Crippen molar-refractivity contribution in [3.05, 3.63) is 50.6 Å². The number of ether oxygens (including phenoxy) is 1. The second-order valence-corrected chi connectivity index (χ2v) is 5.25. The van der Waals surface area contributed by atoms with E-state index in [-0.39, 0.29) is 6.04 Å². The van der Waals surface area contributed by atoms with Gasteiger partial charge >= 0.3 is 0 Å². The van der Waals surface area contributed by atoms with E-state index < -0.39 is 0 Å². The van der Waals surface area contributed by atoms with Crippen LogP contribution in [-0.2, 0) is 0 Å². The fourth-order valence-electron chi connectivity index (χ4n) is 1.53. The van der Waals surface area contributed by atoms with Gasteiger partial charge in [0.2, 0.25) is 0 Å². The third kappa shape index (κ3) is 2.29. The van der Waals surface area contributed by atoms with Crippen LogP contribution in [0.5, 0.6) is 5.75 Å². The molecule has 0 saturated heterocycles. The summed E-state index contributed by atoms with van der Waals surface area (Å²) in [5.74, 6) is 0.861. The fourth-order valence-corrected chi connectivity index (χ4v) is 2.68. The molecule has 0 radical (unpaired) electrons. The molecule has 0 fully saturated rings. The average molecular weight is 298 g/mol. The molecule has 0 bridgehead atoms. The van der Waals surface area contributed by atoms with Gasteiger partial charge in [-0.1, -0.05) is 28.1 Å². The number of thiophene rings is 1. The molecule has 1 heterocycles. The first kappa shape index (κ1) is 11.6. The first-order chi connectivity index (χ1) is 7.72. The van der Waals surface area contributed by atoms with Crippen molar-refractivity contribution in [3.63, 3.8) is 0 Å². The number of benzene rings is 1. The van der Waals surface area contributed by atoms with Gasteiger partial charge in [-0.05, 0) is 29.1 Å². The van der Waals surface area contributed by atoms with Crippen LogP contribution in [-0.4, -0.2) is 7.11 Å². The van der Waals surface area contributed by atoms with Gasteiger partial charge in [-0.15, -0.1) is 11.3 Å². The number of hydrogen-bond donors (Lipinski definition) is 1. The van der Waals surface area contributed by atoms with E-state index >= 15 is 0 Å². The van der Waals surface area contributed by atoms with Crippen LogP contribution >= 0.6 is 27.3 Å². The van der Waals surface area contributed by atoms with Crippen LogP contribution in [0.2, 0.25) is 0 Å². The lowest BCUT2D eigenvalue weighted by Crippen LogP contribution is -2.10. The van der Waals surface area contributed by atoms with Gasteiger partial charge in [0.05, 0.1) is 18.0 Å². The van der Waals surface area contributed by atoms with E-state index in [9.17, 15) is 0 Å². The summed E-state index contributed by atoms with van der Waals surface area (Å²) >= 11 is 5.03. The van der Waals surface area contributed by atoms with Crippen molar-refractivity contribution < 1.29 is 4.74 Å². The van der Waals surface area contributed by atoms with Crippen LogP contribution < -0.4 is 10.5 Å². The van der Waals surface area contributed by atoms with E-state index in [4.69, 9.17) is 10.5 Å². The maximum atomic E-state index is 6.20. The Morgan fingerprint density at radius 2 is 1.94 bits per heavy atom. The second-order valence-electron chi connectivity index (χ2n) is 3.38. The van der Waals surface area contributed by atoms with Crippen molar-refractivity contribution in [1.82, 2.24) is 0 Å². The molecule has 84 valence electrons. The molecule has 0 aliphatic rings. The highest BCUT2D eigenvalue weighted by molar-refractivity contribution is 9.10. The van der Waals surface area contributed by atoms with Gasteiger partial charge in [-0.3, -0.25) is 0 Å². The van der Waals surface area contributed by atoms with E-state index in [0.717, 1.165) is 20.7 Å². The topological polar surface area (TPSA) is 35.2 Å². The lowest BCUT2D eigenvalue weighted by molar-refractivity contribution is 0.411. The number of rotatable bonds is 3. The first-order valence-corrected chi connectivity index (χ1v) is 6.52. The molecule has 2 N–H and O–H groups in total. The average Bonchev–Trinajstić information content (AvgIpc) is 2.77. The minimum Gasteiger partial charge on any atom is -0.496 e. The molecular weight excluding hydrogens is 286 g/mol. The molecule has 16 heavy (non-hydrogen) atoms. The highest BCUT2D eigenvalue weighted by atomic mass is 79.9. The quantitative estimate of drug-likeness (QED) is 0.940. The van der Waals surface area contributed by atoms with Gasteiger partial charge < -0.3 is 10.5 Å². The summed E-state index contributed by atoms with van der Waals surface area (Å²) in [7, 11) is 1.67. The predicted molar refractivity (Wildman–Crippen MR) is 71.0 cm³/mol. The summed E-state index contributed by atoms with van der Waals surface area (Å²) in [6.07, 6.45) is 0. The summed E-state index contributed by atoms with van der Waals surface area (Å²) in [4.78, 5) is 1.06. The van der Waals surface area contributed by atoms with Crippen LogP contribution in [0.3, 0.4) is 0 Å². The molecule has 2 rings (SSSR count). The molecule has 0 spiro atoms. The Bertz CT molecular complexity index is 466. The van der Waals surface area contributed by atoms with E-state index in [1.165, 1.54) is 0 Å². The molecule has 2 nitrogen and oxygen atoms in total. The summed E-state index contributed by atoms with van der Waals surface area (Å²) in [5.41, 5.74) is 7.29. The van der Waals surface area contributed by atoms with E-state index in [1.54, 1.807) is 18.4 Å². The Morgan fingerprint density at radius 1 is 1.25 bits per heavy atom. The van der Waals surface area contributed by atoms with Crippen molar-refractivity contribution in [1.29, 1.82) is 0 Å². The van der Waals surface area contributed by atoms with Gasteiger partial charge in [0, 0.05) is 4.47 Å². The van der Waals surface area contributed by atoms with Crippen molar-refractivity contribution in [2.75, 3.05) is 7.11 Å². The molecule has 0 aliphatic heterocycles. The smallest absolute Gasteiger partial charge is 0.134 e. The standard InChI is InChI=1S/C12H12BrNOS/c1-15-10-6-7-16-12(10)11(14)8-2-4-9(13)5-3-8/h2-7,11H,14H2,1H3. The zero-order chi connectivity index (χ0) is 11.5. The van der Waals surface area contributed by atoms with Crippen molar-refractivity contribution >= 4 is 27.3 Å². The highest BCUT2D eigenvalue weighted by Crippen LogP contribution is 2.33. The fraction of sp³-hybridized carbons (Fsp3) is 0.167. The van der Waals surface area contributed by atoms with Gasteiger partial charge in [-0.2, -0.15) is 0 Å². The Morgan fingerprint density at radius 3 is 2.56 bits per heavy atom. The van der Waals surface area contributed by atoms with Crippen molar-refractivity contribution in [3.8, 4) is 5.75 Å². The normalized spacial score (nSPS) is 12.4. The largest absolute Gasteiger partial charge is 0.496 e. The number of methoxy groups -OCH3 is 1. The van der Waals surface area contributed by atoms with Gasteiger partial charge in [0.15, 0.2) is 0 Å². The van der Waals surface area contributed by atoms with E-state index in [2.05, 4.69) is 15.9 Å². The van der Waals surface area contributed by atoms with Crippen LogP contribution in [0.4, 0.5) is 0 Å². The molecule has 1 aromatic heterocycles. The van der Waals surface area contributed by atoms with E-state index in [1.807, 2.05) is 35.7 Å². The summed E-state index contributed by atoms with van der Waals surface area (Å²) in [5, 5.41) is 1.99. The number of nitrogens with two attached hydrogens (primary N) is 1. The van der Waals surface area contributed by atoms with Crippen LogP contribution in [0, 0.1) is 0 Å². The Hall–Kier alpha value is -0.840. The molecule has 0 amide bonds. The van der Waals surface area contributed by atoms with Crippen LogP contribution in [0.1, 0.15) is 16.5 Å². The van der Waals surface area contributed by atoms with Crippen molar-refractivity contribution in [2.45, 2.75) is 6.04 Å². The lowest BCUT2D eigenvalue weighted by atomic mass is 10.1. The zero-order valence-corrected chi connectivity index (χ0v) is 11.2. The highest BCUT2D eigenvalue weighted by Gasteiger charge is 2.15. The zero-order valence-electron chi connectivity index (χ0n) is 8.81. The minimum absolute atomic E-state index is 0.122. The molecule has 1 aromatic carbocycles. The Balaban J connectivity index is 2.31. The third-order valence-electron chi connectivity index (χ3n) is 2.39. The molecule has 0 aliphatic carbocycles. The minimum atomic E-state index is -0.122. The third-order valence-corrected chi connectivity index (χ3v) is 3.90. The Kier molecular flexibility index (Phi) is 3.63. The van der Waals surface area contributed by atoms with E-state index in [0.29, 0.717) is 0 Å². The summed E-state index contributed by atoms with van der Waals surface area (Å²) < 4.78 is 6.33. The SMILES string of the molecule is COc1ccsc1C(N)c1ccc(Br)cc1. The predicted octanol–water partition coefficient (Wildman–Crippen LogP) is 3.57. The molecule has 1 unspecified atom stereocenters. The molecule has 4 heteroatoms. The van der Waals surface area contributed by atoms with Crippen molar-refractivity contribution in [2.24, 2.45) is 5.73 Å². The van der Waals surface area contributed by atoms with Crippen LogP contribution in [0.25, 0.3) is 0 Å². The summed E-state index contributed by atoms with van der Waals surface area (Å²) in [6.45, 7) is 0. The monoisotopic (exact) mass is 297 g/mol. The first-order valence-electron chi connectivity index (χ1n) is 4.85. The van der Waals surface area contributed by atoms with Gasteiger partial charge in [-0.25, -0.2) is 0 Å². The second kappa shape index (κ2) is 4.99.